The van der Waals surface area contributed by atoms with Crippen molar-refractivity contribution in [2.75, 3.05) is 57.9 Å². The van der Waals surface area contributed by atoms with Gasteiger partial charge in [-0.2, -0.15) is 0 Å². The lowest BCUT2D eigenvalue weighted by molar-refractivity contribution is -0.147. The van der Waals surface area contributed by atoms with E-state index in [-0.39, 0.29) is 0 Å². The van der Waals surface area contributed by atoms with Crippen LogP contribution in [0, 0.1) is 0 Å². The molecular formula is C35H43ClFIN2O6. The predicted molar refractivity (Wildman–Crippen MR) is 189 cm³/mol. The van der Waals surface area contributed by atoms with E-state index in [0.29, 0.717) is 93.8 Å². The highest BCUT2D eigenvalue weighted by atomic mass is 127. The molecule has 0 aromatic heterocycles. The number of likely N-dealkylation sites (N-methyl/N-ethyl adjacent to an activating group) is 1. The lowest BCUT2D eigenvalue weighted by Crippen LogP contribution is -2.52. The van der Waals surface area contributed by atoms with Gasteiger partial charge < -0.3 is 22.2 Å². The van der Waals surface area contributed by atoms with Gasteiger partial charge in [0.2, 0.25) is 0 Å². The summed E-state index contributed by atoms with van der Waals surface area (Å²) in [7, 11) is 1.88. The highest BCUT2D eigenvalue weighted by molar-refractivity contribution is 14.1. The molecule has 2 aliphatic rings. The molecule has 0 N–H and O–H groups in total. The van der Waals surface area contributed by atoms with E-state index in [1.54, 1.807) is 53.4 Å². The molecule has 1 saturated heterocycles. The molecule has 0 bridgehead atoms. The normalized spacial score (nSPS) is 18.4. The maximum absolute atomic E-state index is 13.8. The Bertz CT molecular complexity index is 1370. The number of carbonyl (C=O) groups is 2. The standard InChI is InChI=1S/C35H43ClFIN2O6/c1-5-43-23-29(19-27-8-7-9-31(37)12-10-27)20-28(18-26(3)44-6-2)22-40-16-14-35(15-17-40,45-25-41)24-39(4)33-13-11-30(21-32(33)36)34(42)46-38/h7-13,18,20-21,25,31H,3,5-6,14-17,19,22-24H2,1-2,4H3/b28-18+,29-20+. The Morgan fingerprint density at radius 2 is 1.98 bits per heavy atom. The van der Waals surface area contributed by atoms with Crippen LogP contribution in [0.3, 0.4) is 0 Å². The van der Waals surface area contributed by atoms with E-state index >= 15 is 0 Å². The molecule has 0 amide bonds. The number of ether oxygens (including phenoxy) is 3. The Kier molecular flexibility index (Phi) is 15.5. The number of rotatable bonds is 17. The van der Waals surface area contributed by atoms with E-state index in [0.717, 1.165) is 16.7 Å². The Morgan fingerprint density at radius 1 is 1.22 bits per heavy atom. The molecule has 8 nitrogen and oxygen atoms in total. The van der Waals surface area contributed by atoms with Crippen molar-refractivity contribution in [3.63, 3.8) is 0 Å². The van der Waals surface area contributed by atoms with Crippen molar-refractivity contribution in [2.45, 2.75) is 44.9 Å². The van der Waals surface area contributed by atoms with Gasteiger partial charge in [-0.3, -0.25) is 9.69 Å². The Labute approximate surface area is 290 Å². The quantitative estimate of drug-likeness (QED) is 0.0698. The number of anilines is 1. The average molecular weight is 769 g/mol. The summed E-state index contributed by atoms with van der Waals surface area (Å²) in [6, 6.07) is 4.98. The summed E-state index contributed by atoms with van der Waals surface area (Å²) in [6.45, 7) is 12.4. The summed E-state index contributed by atoms with van der Waals surface area (Å²) < 4.78 is 35.8. The Hall–Kier alpha value is -2.93. The van der Waals surface area contributed by atoms with Gasteiger partial charge in [-0.25, -0.2) is 9.18 Å². The van der Waals surface area contributed by atoms with Crippen LogP contribution in [-0.4, -0.2) is 82.2 Å². The Balaban J connectivity index is 1.77. The number of hydrogen-bond acceptors (Lipinski definition) is 8. The first kappa shape index (κ1) is 37.5. The van der Waals surface area contributed by atoms with Crippen LogP contribution in [0.15, 0.2) is 89.8 Å². The number of carbonyl (C=O) groups excluding carboxylic acids is 2. The van der Waals surface area contributed by atoms with Gasteiger partial charge in [0.1, 0.15) is 17.5 Å². The molecule has 0 spiro atoms. The predicted octanol–water partition coefficient (Wildman–Crippen LogP) is 7.51. The van der Waals surface area contributed by atoms with E-state index in [4.69, 9.17) is 28.9 Å². The van der Waals surface area contributed by atoms with Crippen molar-refractivity contribution in [1.29, 1.82) is 0 Å². The van der Waals surface area contributed by atoms with Gasteiger partial charge in [-0.05, 0) is 73.4 Å². The van der Waals surface area contributed by atoms with Crippen LogP contribution in [-0.2, 0) is 22.1 Å². The van der Waals surface area contributed by atoms with E-state index < -0.39 is 17.7 Å². The summed E-state index contributed by atoms with van der Waals surface area (Å²) in [5.41, 5.74) is 3.39. The van der Waals surface area contributed by atoms with E-state index in [9.17, 15) is 14.0 Å². The molecular weight excluding hydrogens is 726 g/mol. The molecule has 1 unspecified atom stereocenters. The molecule has 1 aromatic rings. The lowest BCUT2D eigenvalue weighted by atomic mass is 9.89. The summed E-state index contributed by atoms with van der Waals surface area (Å²) in [5.74, 6) is 0.0848. The number of nitrogens with zero attached hydrogens (tertiary/aromatic N) is 2. The van der Waals surface area contributed by atoms with Crippen LogP contribution in [0.2, 0.25) is 5.02 Å². The van der Waals surface area contributed by atoms with E-state index in [1.165, 1.54) is 6.08 Å². The van der Waals surface area contributed by atoms with Gasteiger partial charge in [0.05, 0.1) is 36.0 Å². The second-order valence-corrected chi connectivity index (χ2v) is 12.1. The number of benzene rings is 1. The summed E-state index contributed by atoms with van der Waals surface area (Å²) >= 11 is 8.07. The SMILES string of the molecule is C=C(/C=C(\C=C(\COCC)CC1=CC=CC(F)C=C1)CN1CCC(CN(C)c2ccc(C(=O)OI)cc2Cl)(OC=O)CC1)OCC. The molecule has 11 heteroatoms. The largest absolute Gasteiger partial charge is 0.495 e. The minimum absolute atomic E-state index is 0.353. The molecule has 1 fully saturated rings. The summed E-state index contributed by atoms with van der Waals surface area (Å²) in [4.78, 5) is 27.8. The van der Waals surface area contributed by atoms with Crippen LogP contribution in [0.4, 0.5) is 10.1 Å². The first-order chi connectivity index (χ1) is 22.1. The highest BCUT2D eigenvalue weighted by Crippen LogP contribution is 2.33. The van der Waals surface area contributed by atoms with E-state index in [2.05, 4.69) is 17.6 Å². The molecule has 1 aromatic carbocycles. The zero-order valence-electron chi connectivity index (χ0n) is 26.7. The van der Waals surface area contributed by atoms with Gasteiger partial charge in [0.15, 0.2) is 23.0 Å². The fraction of sp³-hybridized carbons (Fsp3) is 0.429. The second kappa shape index (κ2) is 19.0. The van der Waals surface area contributed by atoms with Crippen LogP contribution in [0.25, 0.3) is 0 Å². The smallest absolute Gasteiger partial charge is 0.347 e. The minimum atomic E-state index is -1.10. The van der Waals surface area contributed by atoms with Gasteiger partial charge in [0, 0.05) is 46.1 Å². The van der Waals surface area contributed by atoms with Gasteiger partial charge in [0.25, 0.3) is 6.47 Å². The van der Waals surface area contributed by atoms with Crippen LogP contribution >= 0.6 is 34.6 Å². The monoisotopic (exact) mass is 768 g/mol. The second-order valence-electron chi connectivity index (χ2n) is 11.2. The van der Waals surface area contributed by atoms with Crippen molar-refractivity contribution >= 4 is 52.7 Å². The third-order valence-corrected chi connectivity index (χ3v) is 8.45. The van der Waals surface area contributed by atoms with Crippen molar-refractivity contribution in [3.05, 3.63) is 100 Å². The average Bonchev–Trinajstić information content (AvgIpc) is 3.24. The van der Waals surface area contributed by atoms with Gasteiger partial charge in [-0.15, -0.1) is 0 Å². The first-order valence-corrected chi connectivity index (χ1v) is 16.5. The number of alkyl halides is 1. The van der Waals surface area contributed by atoms with Crippen LogP contribution < -0.4 is 4.90 Å². The number of halogens is 3. The molecule has 250 valence electrons. The molecule has 46 heavy (non-hydrogen) atoms. The van der Waals surface area contributed by atoms with Crippen LogP contribution in [0.5, 0.6) is 0 Å². The third-order valence-electron chi connectivity index (χ3n) is 7.75. The van der Waals surface area contributed by atoms with Crippen molar-refractivity contribution in [3.8, 4) is 0 Å². The minimum Gasteiger partial charge on any atom is -0.495 e. The van der Waals surface area contributed by atoms with Gasteiger partial charge >= 0.3 is 5.97 Å². The van der Waals surface area contributed by atoms with Gasteiger partial charge in [-0.1, -0.05) is 42.5 Å². The molecule has 1 aliphatic heterocycles. The maximum atomic E-state index is 13.8. The molecule has 0 saturated carbocycles. The molecule has 0 radical (unpaired) electrons. The molecule has 1 atom stereocenters. The van der Waals surface area contributed by atoms with E-state index in [1.807, 2.05) is 44.0 Å². The molecule has 1 aliphatic carbocycles. The van der Waals surface area contributed by atoms with Crippen molar-refractivity contribution < 1.29 is 31.3 Å². The first-order valence-electron chi connectivity index (χ1n) is 15.3. The fourth-order valence-corrected chi connectivity index (χ4v) is 6.08. The molecule has 3 rings (SSSR count). The summed E-state index contributed by atoms with van der Waals surface area (Å²) in [6.07, 6.45) is 13.3. The number of likely N-dealkylation sites (tertiary alicyclic amines) is 1. The highest BCUT2D eigenvalue weighted by Gasteiger charge is 2.38. The number of piperidine rings is 1. The van der Waals surface area contributed by atoms with Crippen molar-refractivity contribution in [2.24, 2.45) is 0 Å². The zero-order chi connectivity index (χ0) is 33.5. The third kappa shape index (κ3) is 11.7. The number of allylic oxidation sites excluding steroid dienone is 7. The lowest BCUT2D eigenvalue weighted by Gasteiger charge is -2.42. The Morgan fingerprint density at radius 3 is 2.63 bits per heavy atom. The topological polar surface area (TPSA) is 77.5 Å². The summed E-state index contributed by atoms with van der Waals surface area (Å²) in [5, 5.41) is 0.398. The van der Waals surface area contributed by atoms with Crippen LogP contribution in [0.1, 0.15) is 43.5 Å². The van der Waals surface area contributed by atoms with Crippen molar-refractivity contribution in [1.82, 2.24) is 4.90 Å². The molecule has 1 heterocycles. The maximum Gasteiger partial charge on any atom is 0.347 e. The fourth-order valence-electron chi connectivity index (χ4n) is 5.50. The zero-order valence-corrected chi connectivity index (χ0v) is 29.6. The number of hydrogen-bond donors (Lipinski definition) is 0.